The molecule has 0 N–H and O–H groups in total. The molecular weight excluding hydrogens is 961 g/mol. The molecule has 0 aliphatic rings. The number of unbranched alkanes of at least 4 members (excludes halogenated alkanes) is 51. The SMILES string of the molecule is CCCCC/C=C\CCCCCCCC(=O)OCC(COC(=O)CCCCCCCCCCCCCCCCCCCCCCC/C=C\CCCCCCCCCC)OC(=O)CCCCCCCCCCCCCCCCC. The van der Waals surface area contributed by atoms with Crippen molar-refractivity contribution in [3.63, 3.8) is 0 Å². The molecule has 0 aliphatic heterocycles. The highest BCUT2D eigenvalue weighted by molar-refractivity contribution is 5.71. The molecule has 78 heavy (non-hydrogen) atoms. The fraction of sp³-hybridized carbons (Fsp3) is 0.903. The number of carbonyl (C=O) groups excluding carboxylic acids is 3. The van der Waals surface area contributed by atoms with Gasteiger partial charge in [0.1, 0.15) is 13.2 Å². The number of esters is 3. The van der Waals surface area contributed by atoms with Gasteiger partial charge in [0.2, 0.25) is 0 Å². The number of carbonyl (C=O) groups is 3. The van der Waals surface area contributed by atoms with E-state index in [1.807, 2.05) is 0 Å². The molecule has 6 nitrogen and oxygen atoms in total. The maximum atomic E-state index is 12.9. The highest BCUT2D eigenvalue weighted by Gasteiger charge is 2.19. The maximum absolute atomic E-state index is 12.9. The van der Waals surface area contributed by atoms with Gasteiger partial charge in [-0.3, -0.25) is 14.4 Å². The third-order valence-corrected chi connectivity index (χ3v) is 16.2. The number of hydrogen-bond donors (Lipinski definition) is 0. The number of ether oxygens (including phenoxy) is 3. The molecule has 0 aromatic rings. The van der Waals surface area contributed by atoms with Gasteiger partial charge in [0.05, 0.1) is 0 Å². The van der Waals surface area contributed by atoms with Crippen molar-refractivity contribution < 1.29 is 28.6 Å². The first kappa shape index (κ1) is 75.9. The lowest BCUT2D eigenvalue weighted by Crippen LogP contribution is -2.30. The van der Waals surface area contributed by atoms with E-state index in [1.165, 1.54) is 295 Å². The Kier molecular flexibility index (Phi) is 65.6. The Morgan fingerprint density at radius 2 is 0.423 bits per heavy atom. The number of rotatable bonds is 66. The van der Waals surface area contributed by atoms with Gasteiger partial charge in [-0.2, -0.15) is 0 Å². The second-order valence-corrected chi connectivity index (χ2v) is 24.1. The fourth-order valence-corrected chi connectivity index (χ4v) is 10.8. The van der Waals surface area contributed by atoms with E-state index in [1.54, 1.807) is 0 Å². The summed E-state index contributed by atoms with van der Waals surface area (Å²) in [7, 11) is 0. The predicted molar refractivity (Wildman–Crippen MR) is 340 cm³/mol. The van der Waals surface area contributed by atoms with Crippen LogP contribution in [0.2, 0.25) is 0 Å². The molecule has 0 fully saturated rings. The van der Waals surface area contributed by atoms with E-state index >= 15 is 0 Å². The molecule has 1 unspecified atom stereocenters. The lowest BCUT2D eigenvalue weighted by atomic mass is 10.0. The Labute approximate surface area is 487 Å². The van der Waals surface area contributed by atoms with E-state index < -0.39 is 6.10 Å². The van der Waals surface area contributed by atoms with Gasteiger partial charge >= 0.3 is 17.9 Å². The van der Waals surface area contributed by atoms with Crippen molar-refractivity contribution >= 4 is 17.9 Å². The molecule has 0 rings (SSSR count). The van der Waals surface area contributed by atoms with Gasteiger partial charge in [-0.15, -0.1) is 0 Å². The highest BCUT2D eigenvalue weighted by Crippen LogP contribution is 2.19. The molecule has 6 heteroatoms. The summed E-state index contributed by atoms with van der Waals surface area (Å²) in [5.74, 6) is -0.848. The standard InChI is InChI=1S/C72H136O6/c1-4-7-10-13-16-19-22-25-27-28-29-30-31-32-33-34-35-36-37-38-39-40-41-42-43-44-46-47-50-53-56-59-62-65-71(74)77-68-69(67-76-70(73)64-61-58-55-52-49-24-21-18-15-12-9-6-3)78-72(75)66-63-60-57-54-51-48-45-26-23-20-17-14-11-8-5-2/h18,21,28-29,69H,4-17,19-20,22-27,30-68H2,1-3H3/b21-18-,29-28-. The van der Waals surface area contributed by atoms with Crippen molar-refractivity contribution in [2.24, 2.45) is 0 Å². The van der Waals surface area contributed by atoms with Crippen LogP contribution in [0, 0.1) is 0 Å². The molecule has 0 saturated heterocycles. The first-order valence-corrected chi connectivity index (χ1v) is 35.3. The Bertz CT molecular complexity index is 1260. The van der Waals surface area contributed by atoms with Gasteiger partial charge in [0.25, 0.3) is 0 Å². The van der Waals surface area contributed by atoms with E-state index in [2.05, 4.69) is 45.1 Å². The monoisotopic (exact) mass is 1100 g/mol. The van der Waals surface area contributed by atoms with Crippen molar-refractivity contribution in [2.75, 3.05) is 13.2 Å². The van der Waals surface area contributed by atoms with E-state index in [-0.39, 0.29) is 31.1 Å². The summed E-state index contributed by atoms with van der Waals surface area (Å²) in [4.78, 5) is 38.3. The van der Waals surface area contributed by atoms with Crippen molar-refractivity contribution in [3.8, 4) is 0 Å². The maximum Gasteiger partial charge on any atom is 0.306 e. The van der Waals surface area contributed by atoms with Crippen LogP contribution in [0.4, 0.5) is 0 Å². The summed E-state index contributed by atoms with van der Waals surface area (Å²) in [6.07, 6.45) is 82.3. The zero-order valence-corrected chi connectivity index (χ0v) is 53.0. The minimum atomic E-state index is -0.770. The molecular formula is C72H136O6. The Morgan fingerprint density at radius 3 is 0.667 bits per heavy atom. The van der Waals surface area contributed by atoms with Gasteiger partial charge in [0, 0.05) is 19.3 Å². The zero-order chi connectivity index (χ0) is 56.4. The lowest BCUT2D eigenvalue weighted by Gasteiger charge is -2.18. The minimum Gasteiger partial charge on any atom is -0.462 e. The van der Waals surface area contributed by atoms with Crippen molar-refractivity contribution in [1.82, 2.24) is 0 Å². The number of hydrogen-bond acceptors (Lipinski definition) is 6. The average Bonchev–Trinajstić information content (AvgIpc) is 3.44. The molecule has 0 aliphatic carbocycles. The molecule has 0 amide bonds. The van der Waals surface area contributed by atoms with Crippen molar-refractivity contribution in [3.05, 3.63) is 24.3 Å². The summed E-state index contributed by atoms with van der Waals surface area (Å²) in [6, 6.07) is 0. The zero-order valence-electron chi connectivity index (χ0n) is 53.0. The van der Waals surface area contributed by atoms with Crippen LogP contribution in [0.25, 0.3) is 0 Å². The van der Waals surface area contributed by atoms with Crippen molar-refractivity contribution in [2.45, 2.75) is 406 Å². The first-order chi connectivity index (χ1) is 38.5. The summed E-state index contributed by atoms with van der Waals surface area (Å²) < 4.78 is 16.9. The summed E-state index contributed by atoms with van der Waals surface area (Å²) in [6.45, 7) is 6.68. The van der Waals surface area contributed by atoms with Crippen LogP contribution in [0.1, 0.15) is 400 Å². The fourth-order valence-electron chi connectivity index (χ4n) is 10.8. The normalized spacial score (nSPS) is 12.1. The van der Waals surface area contributed by atoms with Gasteiger partial charge in [-0.25, -0.2) is 0 Å². The van der Waals surface area contributed by atoms with E-state index in [9.17, 15) is 14.4 Å². The van der Waals surface area contributed by atoms with E-state index in [0.717, 1.165) is 64.2 Å². The lowest BCUT2D eigenvalue weighted by molar-refractivity contribution is -0.167. The van der Waals surface area contributed by atoms with Crippen LogP contribution in [-0.4, -0.2) is 37.2 Å². The van der Waals surface area contributed by atoms with Crippen molar-refractivity contribution in [1.29, 1.82) is 0 Å². The highest BCUT2D eigenvalue weighted by atomic mass is 16.6. The third kappa shape index (κ3) is 64.7. The molecule has 0 aromatic carbocycles. The smallest absolute Gasteiger partial charge is 0.306 e. The Morgan fingerprint density at radius 1 is 0.244 bits per heavy atom. The summed E-state index contributed by atoms with van der Waals surface area (Å²) in [5.41, 5.74) is 0. The quantitative estimate of drug-likeness (QED) is 0.0261. The molecule has 0 heterocycles. The number of allylic oxidation sites excluding steroid dienone is 4. The summed E-state index contributed by atoms with van der Waals surface area (Å²) in [5, 5.41) is 0. The van der Waals surface area contributed by atoms with Crippen LogP contribution >= 0.6 is 0 Å². The van der Waals surface area contributed by atoms with Crippen LogP contribution in [0.15, 0.2) is 24.3 Å². The van der Waals surface area contributed by atoms with Crippen LogP contribution in [-0.2, 0) is 28.6 Å². The molecule has 0 radical (unpaired) electrons. The molecule has 460 valence electrons. The molecule has 1 atom stereocenters. The molecule has 0 spiro atoms. The van der Waals surface area contributed by atoms with Gasteiger partial charge in [0.15, 0.2) is 6.10 Å². The van der Waals surface area contributed by atoms with Crippen LogP contribution < -0.4 is 0 Å². The van der Waals surface area contributed by atoms with E-state index in [4.69, 9.17) is 14.2 Å². The van der Waals surface area contributed by atoms with E-state index in [0.29, 0.717) is 19.3 Å². The molecule has 0 saturated carbocycles. The minimum absolute atomic E-state index is 0.0674. The first-order valence-electron chi connectivity index (χ1n) is 35.3. The largest absolute Gasteiger partial charge is 0.462 e. The summed E-state index contributed by atoms with van der Waals surface area (Å²) >= 11 is 0. The second kappa shape index (κ2) is 67.4. The van der Waals surface area contributed by atoms with Crippen LogP contribution in [0.5, 0.6) is 0 Å². The van der Waals surface area contributed by atoms with Gasteiger partial charge < -0.3 is 14.2 Å². The Hall–Kier alpha value is -2.11. The third-order valence-electron chi connectivity index (χ3n) is 16.2. The van der Waals surface area contributed by atoms with Gasteiger partial charge in [-0.05, 0) is 70.6 Å². The topological polar surface area (TPSA) is 78.9 Å². The average molecular weight is 1100 g/mol. The predicted octanol–water partition coefficient (Wildman–Crippen LogP) is 24.2. The molecule has 0 aromatic heterocycles. The molecule has 0 bridgehead atoms. The Balaban J connectivity index is 4.05. The second-order valence-electron chi connectivity index (χ2n) is 24.1. The van der Waals surface area contributed by atoms with Gasteiger partial charge in [-0.1, -0.05) is 334 Å². The van der Waals surface area contributed by atoms with Crippen LogP contribution in [0.3, 0.4) is 0 Å².